The van der Waals surface area contributed by atoms with E-state index >= 15 is 0 Å². The summed E-state index contributed by atoms with van der Waals surface area (Å²) in [6.45, 7) is 25.3. The van der Waals surface area contributed by atoms with Gasteiger partial charge in [-0.05, 0) is 89.8 Å². The lowest BCUT2D eigenvalue weighted by atomic mass is 9.71. The van der Waals surface area contributed by atoms with Gasteiger partial charge >= 0.3 is 0 Å². The Morgan fingerprint density at radius 2 is 1.62 bits per heavy atom. The van der Waals surface area contributed by atoms with Gasteiger partial charge in [0.2, 0.25) is 0 Å². The Labute approximate surface area is 239 Å². The molecule has 1 aromatic carbocycles. The second-order valence-electron chi connectivity index (χ2n) is 15.1. The van der Waals surface area contributed by atoms with Gasteiger partial charge in [0.15, 0.2) is 8.32 Å². The van der Waals surface area contributed by atoms with Crippen molar-refractivity contribution < 1.29 is 9.53 Å². The van der Waals surface area contributed by atoms with E-state index in [0.717, 1.165) is 42.5 Å². The number of hydrogen-bond acceptors (Lipinski definition) is 3. The van der Waals surface area contributed by atoms with Gasteiger partial charge in [0.25, 0.3) is 0 Å². The third kappa shape index (κ3) is 6.13. The third-order valence-electron chi connectivity index (χ3n) is 9.43. The maximum Gasteiger partial charge on any atom is 0.192 e. The highest BCUT2D eigenvalue weighted by Gasteiger charge is 2.45. The van der Waals surface area contributed by atoms with Gasteiger partial charge in [0.1, 0.15) is 6.10 Å². The molecule has 0 spiro atoms. The molecule has 0 bridgehead atoms. The average Bonchev–Trinajstić information content (AvgIpc) is 3.35. The Hall–Kier alpha value is -1.75. The number of nitrogens with zero attached hydrogens (tertiary/aromatic N) is 1. The van der Waals surface area contributed by atoms with E-state index in [-0.39, 0.29) is 22.5 Å². The van der Waals surface area contributed by atoms with Crippen LogP contribution in [-0.2, 0) is 10.8 Å². The van der Waals surface area contributed by atoms with Crippen molar-refractivity contribution in [2.75, 3.05) is 0 Å². The zero-order valence-electron chi connectivity index (χ0n) is 26.5. The number of aliphatic hydroxyl groups is 1. The molecule has 0 fully saturated rings. The van der Waals surface area contributed by atoms with Gasteiger partial charge in [-0.25, -0.2) is 0 Å². The molecule has 2 aliphatic rings. The number of hydrogen-bond donors (Lipinski definition) is 1. The van der Waals surface area contributed by atoms with Crippen LogP contribution in [0.1, 0.15) is 151 Å². The number of rotatable bonds is 7. The lowest BCUT2D eigenvalue weighted by molar-refractivity contribution is 0.105. The van der Waals surface area contributed by atoms with Crippen molar-refractivity contribution in [3.8, 4) is 0 Å². The van der Waals surface area contributed by atoms with Crippen LogP contribution in [0.3, 0.4) is 0 Å². The highest BCUT2D eigenvalue weighted by molar-refractivity contribution is 6.74. The van der Waals surface area contributed by atoms with E-state index in [0.29, 0.717) is 5.92 Å². The van der Waals surface area contributed by atoms with Crippen molar-refractivity contribution in [1.29, 1.82) is 0 Å². The molecule has 0 aliphatic heterocycles. The molecule has 0 amide bonds. The summed E-state index contributed by atoms with van der Waals surface area (Å²) in [7, 11) is -2.06. The maximum absolute atomic E-state index is 12.1. The molecule has 0 saturated heterocycles. The summed E-state index contributed by atoms with van der Waals surface area (Å²) in [5.74, 6) is 0.670. The predicted octanol–water partition coefficient (Wildman–Crippen LogP) is 10.0. The number of benzene rings is 1. The van der Waals surface area contributed by atoms with Gasteiger partial charge < -0.3 is 9.53 Å². The van der Waals surface area contributed by atoms with Crippen LogP contribution in [0.5, 0.6) is 0 Å². The third-order valence-corrected chi connectivity index (χ3v) is 13.9. The molecule has 214 valence electrons. The zero-order chi connectivity index (χ0) is 28.9. The second-order valence-corrected chi connectivity index (χ2v) is 19.8. The summed E-state index contributed by atoms with van der Waals surface area (Å²) in [6.07, 6.45) is 6.93. The topological polar surface area (TPSA) is 42.4 Å². The molecule has 2 aliphatic carbocycles. The summed E-state index contributed by atoms with van der Waals surface area (Å²) in [5.41, 5.74) is 9.49. The molecule has 4 rings (SSSR count). The van der Waals surface area contributed by atoms with E-state index in [9.17, 15) is 5.11 Å². The maximum atomic E-state index is 12.1. The van der Waals surface area contributed by atoms with Crippen LogP contribution in [0, 0.1) is 5.41 Å². The standard InChI is InChI=1S/C35H53NO2Si/c1-22(2)24-16-18-26(19-17-24)33(37)31-29(25-14-12-13-15-25)30-27(36-32(31)23(3)4)20-35(8,9)21-28(30)38-39(10,11)34(5,6)7/h14,16-19,22-23,28,33,37H,12-13,15,20-21H2,1-11H3/t28?,33-/m1/s1. The first-order valence-electron chi connectivity index (χ1n) is 15.2. The van der Waals surface area contributed by atoms with E-state index in [1.807, 2.05) is 0 Å². The quantitative estimate of drug-likeness (QED) is 0.351. The summed E-state index contributed by atoms with van der Waals surface area (Å²) in [4.78, 5) is 5.42. The minimum atomic E-state index is -2.06. The molecular weight excluding hydrogens is 494 g/mol. The molecule has 2 aromatic rings. The highest BCUT2D eigenvalue weighted by atomic mass is 28.4. The number of pyridine rings is 1. The first kappa shape index (κ1) is 30.2. The number of fused-ring (bicyclic) bond motifs is 1. The first-order chi connectivity index (χ1) is 18.0. The minimum absolute atomic E-state index is 0.0101. The smallest absolute Gasteiger partial charge is 0.192 e. The van der Waals surface area contributed by atoms with Gasteiger partial charge in [-0.3, -0.25) is 4.98 Å². The van der Waals surface area contributed by atoms with Crippen molar-refractivity contribution in [2.45, 2.75) is 137 Å². The van der Waals surface area contributed by atoms with E-state index < -0.39 is 14.4 Å². The van der Waals surface area contributed by atoms with Gasteiger partial charge in [-0.2, -0.15) is 0 Å². The number of aromatic nitrogens is 1. The summed E-state index contributed by atoms with van der Waals surface area (Å²) in [5, 5.41) is 12.3. The van der Waals surface area contributed by atoms with Crippen LogP contribution >= 0.6 is 0 Å². The summed E-state index contributed by atoms with van der Waals surface area (Å²) >= 11 is 0. The molecule has 1 heterocycles. The van der Waals surface area contributed by atoms with E-state index in [1.165, 1.54) is 34.4 Å². The molecule has 0 saturated carbocycles. The van der Waals surface area contributed by atoms with Crippen LogP contribution in [0.4, 0.5) is 0 Å². The normalized spacial score (nSPS) is 20.4. The Morgan fingerprint density at radius 3 is 2.13 bits per heavy atom. The van der Waals surface area contributed by atoms with Crippen molar-refractivity contribution in [2.24, 2.45) is 5.41 Å². The van der Waals surface area contributed by atoms with Gasteiger partial charge in [-0.15, -0.1) is 0 Å². The Bertz CT molecular complexity index is 1210. The van der Waals surface area contributed by atoms with E-state index in [4.69, 9.17) is 9.41 Å². The minimum Gasteiger partial charge on any atom is -0.410 e. The van der Waals surface area contributed by atoms with Crippen molar-refractivity contribution >= 4 is 13.9 Å². The molecule has 2 atom stereocenters. The summed E-state index contributed by atoms with van der Waals surface area (Å²) < 4.78 is 7.28. The lowest BCUT2D eigenvalue weighted by Crippen LogP contribution is -2.44. The fourth-order valence-corrected chi connectivity index (χ4v) is 7.38. The average molecular weight is 548 g/mol. The number of aliphatic hydroxyl groups excluding tert-OH is 1. The zero-order valence-corrected chi connectivity index (χ0v) is 27.5. The van der Waals surface area contributed by atoms with Crippen LogP contribution in [0.15, 0.2) is 30.3 Å². The molecular formula is C35H53NO2Si. The van der Waals surface area contributed by atoms with E-state index in [2.05, 4.69) is 106 Å². The molecule has 39 heavy (non-hydrogen) atoms. The van der Waals surface area contributed by atoms with Crippen LogP contribution < -0.4 is 0 Å². The monoisotopic (exact) mass is 547 g/mol. The highest BCUT2D eigenvalue weighted by Crippen LogP contribution is 2.52. The second kappa shape index (κ2) is 10.9. The Balaban J connectivity index is 1.99. The fourth-order valence-electron chi connectivity index (χ4n) is 6.12. The van der Waals surface area contributed by atoms with Crippen molar-refractivity contribution in [1.82, 2.24) is 4.98 Å². The number of allylic oxidation sites excluding steroid dienone is 2. The molecule has 1 N–H and O–H groups in total. The molecule has 3 nitrogen and oxygen atoms in total. The molecule has 1 unspecified atom stereocenters. The van der Waals surface area contributed by atoms with E-state index in [1.54, 1.807) is 0 Å². The van der Waals surface area contributed by atoms with Crippen LogP contribution in [-0.4, -0.2) is 18.4 Å². The Morgan fingerprint density at radius 1 is 1.00 bits per heavy atom. The molecule has 1 aromatic heterocycles. The Kier molecular flexibility index (Phi) is 8.45. The van der Waals surface area contributed by atoms with Gasteiger partial charge in [-0.1, -0.05) is 92.7 Å². The predicted molar refractivity (Wildman–Crippen MR) is 168 cm³/mol. The fraction of sp³-hybridized carbons (Fsp3) is 0.629. The van der Waals surface area contributed by atoms with Gasteiger partial charge in [0.05, 0.1) is 6.10 Å². The summed E-state index contributed by atoms with van der Waals surface area (Å²) in [6, 6.07) is 8.57. The largest absolute Gasteiger partial charge is 0.410 e. The van der Waals surface area contributed by atoms with Crippen LogP contribution in [0.2, 0.25) is 18.1 Å². The first-order valence-corrected chi connectivity index (χ1v) is 18.1. The molecule has 4 heteroatoms. The molecule has 0 radical (unpaired) electrons. The van der Waals surface area contributed by atoms with Crippen molar-refractivity contribution in [3.05, 3.63) is 69.5 Å². The lowest BCUT2D eigenvalue weighted by Gasteiger charge is -2.45. The van der Waals surface area contributed by atoms with Crippen LogP contribution in [0.25, 0.3) is 5.57 Å². The SMILES string of the molecule is CC(C)c1ccc([C@@H](O)c2c(C(C)C)nc3c(c2C2=CCCC2)C(O[Si](C)(C)C(C)(C)C)CC(C)(C)C3)cc1. The van der Waals surface area contributed by atoms with Crippen molar-refractivity contribution in [3.63, 3.8) is 0 Å². The van der Waals surface area contributed by atoms with Gasteiger partial charge in [0, 0.05) is 22.5 Å².